The van der Waals surface area contributed by atoms with E-state index in [2.05, 4.69) is 0 Å². The third kappa shape index (κ3) is 1.34. The molecule has 0 spiro atoms. The summed E-state index contributed by atoms with van der Waals surface area (Å²) in [7, 11) is 0. The number of fused-ring (bicyclic) bond motifs is 5. The van der Waals surface area contributed by atoms with Gasteiger partial charge in [0.2, 0.25) is 0 Å². The zero-order chi connectivity index (χ0) is 14.5. The second kappa shape index (κ2) is 4.15. The second-order valence-electron chi connectivity index (χ2n) is 5.10. The molecule has 0 aromatic rings. The number of aliphatic hydroxyl groups excluding tert-OH is 2. The van der Waals surface area contributed by atoms with Gasteiger partial charge in [-0.15, -0.1) is 34.8 Å². The van der Waals surface area contributed by atoms with Gasteiger partial charge in [-0.05, 0) is 0 Å². The van der Waals surface area contributed by atoms with Crippen LogP contribution in [-0.4, -0.2) is 41.9 Å². The van der Waals surface area contributed by atoms with E-state index in [4.69, 9.17) is 81.2 Å². The molecule has 0 amide bonds. The Labute approximate surface area is 144 Å². The van der Waals surface area contributed by atoms with Crippen LogP contribution in [0.3, 0.4) is 0 Å². The molecule has 108 valence electrons. The fourth-order valence-electron chi connectivity index (χ4n) is 3.54. The minimum Gasteiger partial charge on any atom is -0.390 e. The van der Waals surface area contributed by atoms with Crippen molar-refractivity contribution >= 4 is 81.2 Å². The average molecular weight is 407 g/mol. The van der Waals surface area contributed by atoms with Gasteiger partial charge >= 0.3 is 0 Å². The van der Waals surface area contributed by atoms with Crippen LogP contribution in [0.5, 0.6) is 0 Å². The lowest BCUT2D eigenvalue weighted by molar-refractivity contribution is 0.0158. The van der Waals surface area contributed by atoms with Crippen molar-refractivity contribution in [1.82, 2.24) is 0 Å². The minimum atomic E-state index is -1.74. The quantitative estimate of drug-likeness (QED) is 0.605. The smallest absolute Gasteiger partial charge is 0.166 e. The van der Waals surface area contributed by atoms with Crippen molar-refractivity contribution in [2.75, 3.05) is 0 Å². The van der Waals surface area contributed by atoms with Crippen LogP contribution in [0.15, 0.2) is 10.1 Å². The number of hydrogen-bond donors (Lipinski definition) is 2. The number of aliphatic hydroxyl groups is 2. The van der Waals surface area contributed by atoms with Crippen molar-refractivity contribution < 1.29 is 10.2 Å². The summed E-state index contributed by atoms with van der Waals surface area (Å²) in [5.41, 5.74) is 0. The molecule has 0 aromatic carbocycles. The van der Waals surface area contributed by atoms with Crippen LogP contribution in [0.4, 0.5) is 0 Å². The van der Waals surface area contributed by atoms with Crippen LogP contribution in [0.2, 0.25) is 0 Å². The normalized spacial score (nSPS) is 58.9. The van der Waals surface area contributed by atoms with E-state index in [1.807, 2.05) is 0 Å². The minimum absolute atomic E-state index is 0.00546. The zero-order valence-electron chi connectivity index (χ0n) is 8.93. The molecule has 2 N–H and O–H groups in total. The molecule has 3 aliphatic carbocycles. The lowest BCUT2D eigenvalue weighted by Gasteiger charge is -2.35. The van der Waals surface area contributed by atoms with E-state index < -0.39 is 43.5 Å². The van der Waals surface area contributed by atoms with Crippen molar-refractivity contribution in [1.29, 1.82) is 0 Å². The highest BCUT2D eigenvalue weighted by molar-refractivity contribution is 6.65. The molecule has 0 heterocycles. The fourth-order valence-corrected chi connectivity index (χ4v) is 7.18. The Balaban J connectivity index is 2.29. The summed E-state index contributed by atoms with van der Waals surface area (Å²) in [5.74, 6) is -1.47. The van der Waals surface area contributed by atoms with Crippen LogP contribution >= 0.6 is 81.2 Å². The van der Waals surface area contributed by atoms with Gasteiger partial charge in [0.25, 0.3) is 0 Å². The molecule has 0 unspecified atom stereocenters. The van der Waals surface area contributed by atoms with E-state index in [0.717, 1.165) is 0 Å². The first kappa shape index (κ1) is 15.6. The molecule has 3 aliphatic rings. The number of rotatable bonds is 0. The molecule has 19 heavy (non-hydrogen) atoms. The Bertz CT molecular complexity index is 454. The first-order chi connectivity index (χ1) is 8.54. The summed E-state index contributed by atoms with van der Waals surface area (Å²) in [6.07, 6.45) is -2.44. The Morgan fingerprint density at radius 1 is 0.789 bits per heavy atom. The third-order valence-electron chi connectivity index (χ3n) is 4.44. The van der Waals surface area contributed by atoms with Crippen molar-refractivity contribution in [2.24, 2.45) is 11.8 Å². The molecule has 0 radical (unpaired) electrons. The Morgan fingerprint density at radius 2 is 1.21 bits per heavy atom. The fraction of sp³-hybridized carbons (Fsp3) is 0.800. The molecule has 2 fully saturated rings. The summed E-state index contributed by atoms with van der Waals surface area (Å²) in [6.45, 7) is 0. The number of allylic oxidation sites excluding steroid dienone is 2. The van der Waals surface area contributed by atoms with E-state index in [0.29, 0.717) is 0 Å². The number of alkyl halides is 5. The number of halogens is 7. The highest BCUT2D eigenvalue weighted by Crippen LogP contribution is 2.79. The standard InChI is InChI=1S/C10H7Cl7O2/c11-3-1-2(4(18)5(3)19)9(15)7(13)6(12)8(1,14)10(9,16)17/h1-5,18-19H/t1-,2+,3+,4-,5-,8+,9-/m1/s1. The summed E-state index contributed by atoms with van der Waals surface area (Å²) in [5, 5.41) is 19.2. The maximum absolute atomic E-state index is 10.2. The molecule has 3 rings (SSSR count). The average Bonchev–Trinajstić information content (AvgIpc) is 2.69. The maximum Gasteiger partial charge on any atom is 0.166 e. The predicted octanol–water partition coefficient (Wildman–Crippen LogP) is 3.41. The van der Waals surface area contributed by atoms with E-state index in [9.17, 15) is 10.2 Å². The van der Waals surface area contributed by atoms with Crippen molar-refractivity contribution in [3.63, 3.8) is 0 Å². The van der Waals surface area contributed by atoms with Crippen molar-refractivity contribution in [3.8, 4) is 0 Å². The molecule has 9 heteroatoms. The van der Waals surface area contributed by atoms with Gasteiger partial charge < -0.3 is 10.2 Å². The zero-order valence-corrected chi connectivity index (χ0v) is 14.2. The Hall–Kier alpha value is 1.69. The summed E-state index contributed by atoms with van der Waals surface area (Å²) in [6, 6.07) is 0. The second-order valence-corrected chi connectivity index (χ2v) is 8.88. The lowest BCUT2D eigenvalue weighted by atomic mass is 9.83. The summed E-state index contributed by atoms with van der Waals surface area (Å²) < 4.78 is -1.74. The van der Waals surface area contributed by atoms with Gasteiger partial charge in [0, 0.05) is 11.8 Å². The van der Waals surface area contributed by atoms with Gasteiger partial charge in [-0.3, -0.25) is 0 Å². The summed E-state index contributed by atoms with van der Waals surface area (Å²) in [4.78, 5) is -3.11. The molecule has 2 saturated carbocycles. The lowest BCUT2D eigenvalue weighted by Crippen LogP contribution is -2.49. The molecular weight excluding hydrogens is 400 g/mol. The van der Waals surface area contributed by atoms with Gasteiger partial charge in [0.1, 0.15) is 9.75 Å². The van der Waals surface area contributed by atoms with Crippen LogP contribution in [0, 0.1) is 11.8 Å². The molecule has 2 nitrogen and oxygen atoms in total. The third-order valence-corrected chi connectivity index (χ3v) is 9.26. The first-order valence-corrected chi connectivity index (χ1v) is 8.07. The molecule has 0 aliphatic heterocycles. The highest BCUT2D eigenvalue weighted by Gasteiger charge is 2.86. The highest BCUT2D eigenvalue weighted by atomic mass is 35.5. The Morgan fingerprint density at radius 3 is 1.68 bits per heavy atom. The van der Waals surface area contributed by atoms with Crippen LogP contribution in [-0.2, 0) is 0 Å². The van der Waals surface area contributed by atoms with Gasteiger partial charge in [0.05, 0.1) is 27.6 Å². The Kier molecular flexibility index (Phi) is 3.41. The molecule has 7 atom stereocenters. The topological polar surface area (TPSA) is 40.5 Å². The largest absolute Gasteiger partial charge is 0.390 e. The predicted molar refractivity (Wildman–Crippen MR) is 79.0 cm³/mol. The van der Waals surface area contributed by atoms with Crippen molar-refractivity contribution in [2.45, 2.75) is 31.7 Å². The number of hydrogen-bond acceptors (Lipinski definition) is 2. The molecule has 0 aromatic heterocycles. The molecule has 2 bridgehead atoms. The molecule has 0 saturated heterocycles. The van der Waals surface area contributed by atoms with E-state index >= 15 is 0 Å². The van der Waals surface area contributed by atoms with Gasteiger partial charge in [-0.1, -0.05) is 46.4 Å². The van der Waals surface area contributed by atoms with Crippen LogP contribution in [0.25, 0.3) is 0 Å². The van der Waals surface area contributed by atoms with E-state index in [-0.39, 0.29) is 10.1 Å². The SMILES string of the molecule is O[C@H]1[C@H](O)[C@@H]2[C@H]([C@@H]1Cl)[C@]1(Cl)C(Cl)=C(Cl)[C@@]2(Cl)C1(Cl)Cl. The maximum atomic E-state index is 10.2. The van der Waals surface area contributed by atoms with Crippen molar-refractivity contribution in [3.05, 3.63) is 10.1 Å². The first-order valence-electron chi connectivity index (χ1n) is 5.36. The van der Waals surface area contributed by atoms with E-state index in [1.165, 1.54) is 0 Å². The van der Waals surface area contributed by atoms with Gasteiger partial charge in [-0.2, -0.15) is 0 Å². The molecular formula is C10H7Cl7O2. The van der Waals surface area contributed by atoms with Gasteiger partial charge in [0.15, 0.2) is 4.33 Å². The van der Waals surface area contributed by atoms with E-state index in [1.54, 1.807) is 0 Å². The summed E-state index contributed by atoms with van der Waals surface area (Å²) >= 11 is 44.1. The van der Waals surface area contributed by atoms with Crippen LogP contribution in [0.1, 0.15) is 0 Å². The van der Waals surface area contributed by atoms with Crippen LogP contribution < -0.4 is 0 Å². The monoisotopic (exact) mass is 404 g/mol. The van der Waals surface area contributed by atoms with Gasteiger partial charge in [-0.25, -0.2) is 0 Å².